The predicted molar refractivity (Wildman–Crippen MR) is 74.5 cm³/mol. The van der Waals surface area contributed by atoms with Crippen LogP contribution in [0.25, 0.3) is 16.6 Å². The highest BCUT2D eigenvalue weighted by molar-refractivity contribution is 5.80. The van der Waals surface area contributed by atoms with Gasteiger partial charge in [-0.15, -0.1) is 0 Å². The molecule has 1 fully saturated rings. The highest BCUT2D eigenvalue weighted by atomic mass is 15.1. The molecule has 4 rings (SSSR count). The maximum atomic E-state index is 4.72. The molecule has 1 aliphatic rings. The number of aryl methyl sites for hydroxylation is 1. The Kier molecular flexibility index (Phi) is 2.24. The van der Waals surface area contributed by atoms with Gasteiger partial charge in [0, 0.05) is 23.2 Å². The maximum absolute atomic E-state index is 4.72. The number of H-pyrrole nitrogens is 1. The van der Waals surface area contributed by atoms with Crippen LogP contribution in [0.4, 0.5) is 0 Å². The number of rotatable bonds is 2. The summed E-state index contributed by atoms with van der Waals surface area (Å²) in [6.45, 7) is 2.06. The normalized spacial score (nSPS) is 15.8. The summed E-state index contributed by atoms with van der Waals surface area (Å²) in [7, 11) is 0. The molecule has 2 aromatic heterocycles. The SMILES string of the molecule is Cc1cn(-c2ccc3[nH]ncc3c2)c(C2CCC2)n1. The lowest BCUT2D eigenvalue weighted by Gasteiger charge is -2.25. The lowest BCUT2D eigenvalue weighted by atomic mass is 9.85. The summed E-state index contributed by atoms with van der Waals surface area (Å²) in [6, 6.07) is 6.38. The van der Waals surface area contributed by atoms with Crippen molar-refractivity contribution in [2.45, 2.75) is 32.1 Å². The second-order valence-electron chi connectivity index (χ2n) is 5.38. The molecule has 19 heavy (non-hydrogen) atoms. The summed E-state index contributed by atoms with van der Waals surface area (Å²) in [5, 5.41) is 8.21. The molecular weight excluding hydrogens is 236 g/mol. The van der Waals surface area contributed by atoms with Gasteiger partial charge in [-0.2, -0.15) is 5.10 Å². The van der Waals surface area contributed by atoms with Gasteiger partial charge in [0.25, 0.3) is 0 Å². The molecule has 0 spiro atoms. The monoisotopic (exact) mass is 252 g/mol. The van der Waals surface area contributed by atoms with Gasteiger partial charge in [0.2, 0.25) is 0 Å². The van der Waals surface area contributed by atoms with Crippen molar-refractivity contribution in [3.05, 3.63) is 42.1 Å². The van der Waals surface area contributed by atoms with Crippen LogP contribution in [0, 0.1) is 6.92 Å². The number of hydrogen-bond donors (Lipinski definition) is 1. The van der Waals surface area contributed by atoms with E-state index in [0.29, 0.717) is 5.92 Å². The second-order valence-corrected chi connectivity index (χ2v) is 5.38. The molecule has 0 aliphatic heterocycles. The van der Waals surface area contributed by atoms with E-state index in [9.17, 15) is 0 Å². The lowest BCUT2D eigenvalue weighted by molar-refractivity contribution is 0.397. The van der Waals surface area contributed by atoms with E-state index in [4.69, 9.17) is 4.98 Å². The maximum Gasteiger partial charge on any atom is 0.116 e. The van der Waals surface area contributed by atoms with E-state index < -0.39 is 0 Å². The summed E-state index contributed by atoms with van der Waals surface area (Å²) >= 11 is 0. The first kappa shape index (κ1) is 10.8. The summed E-state index contributed by atoms with van der Waals surface area (Å²) in [5.41, 5.74) is 3.34. The number of aromatic nitrogens is 4. The summed E-state index contributed by atoms with van der Waals surface area (Å²) in [6.07, 6.45) is 7.87. The second kappa shape index (κ2) is 3.95. The van der Waals surface area contributed by atoms with Crippen molar-refractivity contribution in [1.29, 1.82) is 0 Å². The molecule has 4 heteroatoms. The molecule has 1 aromatic carbocycles. The van der Waals surface area contributed by atoms with Gasteiger partial charge in [-0.05, 0) is 38.0 Å². The quantitative estimate of drug-likeness (QED) is 0.760. The van der Waals surface area contributed by atoms with Crippen LogP contribution in [0.2, 0.25) is 0 Å². The summed E-state index contributed by atoms with van der Waals surface area (Å²) < 4.78 is 2.24. The zero-order chi connectivity index (χ0) is 12.8. The molecule has 0 saturated heterocycles. The van der Waals surface area contributed by atoms with E-state index in [0.717, 1.165) is 16.6 Å². The molecule has 0 atom stereocenters. The van der Waals surface area contributed by atoms with Crippen LogP contribution in [0.5, 0.6) is 0 Å². The smallest absolute Gasteiger partial charge is 0.116 e. The first-order valence-corrected chi connectivity index (χ1v) is 6.80. The van der Waals surface area contributed by atoms with E-state index in [1.165, 1.54) is 30.8 Å². The minimum atomic E-state index is 0.633. The highest BCUT2D eigenvalue weighted by Gasteiger charge is 2.25. The van der Waals surface area contributed by atoms with Gasteiger partial charge in [0.15, 0.2) is 0 Å². The van der Waals surface area contributed by atoms with Gasteiger partial charge >= 0.3 is 0 Å². The molecule has 96 valence electrons. The van der Waals surface area contributed by atoms with Gasteiger partial charge in [0.05, 0.1) is 17.4 Å². The van der Waals surface area contributed by atoms with Gasteiger partial charge in [-0.1, -0.05) is 6.42 Å². The van der Waals surface area contributed by atoms with Gasteiger partial charge in [0.1, 0.15) is 5.82 Å². The van der Waals surface area contributed by atoms with Gasteiger partial charge in [-0.3, -0.25) is 5.10 Å². The number of hydrogen-bond acceptors (Lipinski definition) is 2. The highest BCUT2D eigenvalue weighted by Crippen LogP contribution is 2.36. The number of fused-ring (bicyclic) bond motifs is 1. The molecule has 0 amide bonds. The molecule has 1 aliphatic carbocycles. The first-order valence-electron chi connectivity index (χ1n) is 6.80. The van der Waals surface area contributed by atoms with E-state index in [-0.39, 0.29) is 0 Å². The van der Waals surface area contributed by atoms with Crippen molar-refractivity contribution >= 4 is 10.9 Å². The number of nitrogens with one attached hydrogen (secondary N) is 1. The number of nitrogens with zero attached hydrogens (tertiary/aromatic N) is 3. The summed E-state index contributed by atoms with van der Waals surface area (Å²) in [4.78, 5) is 4.72. The lowest BCUT2D eigenvalue weighted by Crippen LogP contribution is -2.14. The van der Waals surface area contributed by atoms with Crippen LogP contribution in [0.3, 0.4) is 0 Å². The minimum Gasteiger partial charge on any atom is -0.303 e. The topological polar surface area (TPSA) is 46.5 Å². The van der Waals surface area contributed by atoms with Crippen molar-refractivity contribution in [2.75, 3.05) is 0 Å². The standard InChI is InChI=1S/C15H16N4/c1-10-9-19(15(17-10)11-3-2-4-11)13-5-6-14-12(7-13)8-16-18-14/h5-9,11H,2-4H2,1H3,(H,16,18). The van der Waals surface area contributed by atoms with Gasteiger partial charge < -0.3 is 4.57 Å². The van der Waals surface area contributed by atoms with Crippen LogP contribution in [-0.4, -0.2) is 19.7 Å². The fraction of sp³-hybridized carbons (Fsp3) is 0.333. The number of aromatic amines is 1. The molecule has 0 radical (unpaired) electrons. The Labute approximate surface area is 111 Å². The third kappa shape index (κ3) is 1.67. The molecule has 3 aromatic rings. The van der Waals surface area contributed by atoms with Crippen molar-refractivity contribution < 1.29 is 0 Å². The average Bonchev–Trinajstić information content (AvgIpc) is 2.92. The first-order chi connectivity index (χ1) is 9.31. The third-order valence-corrected chi connectivity index (χ3v) is 4.03. The van der Waals surface area contributed by atoms with E-state index >= 15 is 0 Å². The van der Waals surface area contributed by atoms with Crippen LogP contribution >= 0.6 is 0 Å². The van der Waals surface area contributed by atoms with Crippen molar-refractivity contribution in [2.24, 2.45) is 0 Å². The average molecular weight is 252 g/mol. The van der Waals surface area contributed by atoms with Crippen molar-refractivity contribution in [1.82, 2.24) is 19.7 Å². The largest absolute Gasteiger partial charge is 0.303 e. The molecule has 1 saturated carbocycles. The zero-order valence-electron chi connectivity index (χ0n) is 10.9. The van der Waals surface area contributed by atoms with Crippen molar-refractivity contribution in [3.63, 3.8) is 0 Å². The molecule has 2 heterocycles. The Morgan fingerprint density at radius 1 is 1.32 bits per heavy atom. The fourth-order valence-electron chi connectivity index (χ4n) is 2.76. The molecule has 4 nitrogen and oxygen atoms in total. The van der Waals surface area contributed by atoms with Crippen LogP contribution in [0.15, 0.2) is 30.6 Å². The Balaban J connectivity index is 1.85. The van der Waals surface area contributed by atoms with Crippen molar-refractivity contribution in [3.8, 4) is 5.69 Å². The zero-order valence-corrected chi connectivity index (χ0v) is 10.9. The molecular formula is C15H16N4. The van der Waals surface area contributed by atoms with E-state index in [1.54, 1.807) is 0 Å². The summed E-state index contributed by atoms with van der Waals surface area (Å²) in [5.74, 6) is 1.85. The van der Waals surface area contributed by atoms with E-state index in [2.05, 4.69) is 46.1 Å². The minimum absolute atomic E-state index is 0.633. The Bertz CT molecular complexity index is 734. The molecule has 0 bridgehead atoms. The Morgan fingerprint density at radius 3 is 3.00 bits per heavy atom. The van der Waals surface area contributed by atoms with Crippen LogP contribution in [-0.2, 0) is 0 Å². The fourth-order valence-corrected chi connectivity index (χ4v) is 2.76. The van der Waals surface area contributed by atoms with Gasteiger partial charge in [-0.25, -0.2) is 4.98 Å². The van der Waals surface area contributed by atoms with Crippen LogP contribution in [0.1, 0.15) is 36.7 Å². The van der Waals surface area contributed by atoms with E-state index in [1.807, 2.05) is 6.20 Å². The number of imidazole rings is 1. The molecule has 0 unspecified atom stereocenters. The Hall–Kier alpha value is -2.10. The Morgan fingerprint density at radius 2 is 2.21 bits per heavy atom. The number of benzene rings is 1. The predicted octanol–water partition coefficient (Wildman–Crippen LogP) is 3.32. The molecule has 1 N–H and O–H groups in total. The van der Waals surface area contributed by atoms with Crippen LogP contribution < -0.4 is 0 Å². The third-order valence-electron chi connectivity index (χ3n) is 4.03.